The van der Waals surface area contributed by atoms with Crippen LogP contribution in [0.4, 0.5) is 15.5 Å². The molecule has 1 aliphatic rings. The van der Waals surface area contributed by atoms with Crippen molar-refractivity contribution in [1.82, 2.24) is 24.7 Å². The molecule has 0 radical (unpaired) electrons. The Labute approximate surface area is 260 Å². The largest absolute Gasteiger partial charge is 0.496 e. The summed E-state index contributed by atoms with van der Waals surface area (Å²) in [6, 6.07) is 0. The van der Waals surface area contributed by atoms with Gasteiger partial charge >= 0.3 is 18.2 Å². The lowest BCUT2D eigenvalue weighted by molar-refractivity contribution is -0.136. The normalized spacial score (nSPS) is 14.9. The Morgan fingerprint density at radius 1 is 1.02 bits per heavy atom. The minimum absolute atomic E-state index is 0.171. The highest BCUT2D eigenvalue weighted by Gasteiger charge is 2.37. The molecule has 0 bridgehead atoms. The van der Waals surface area contributed by atoms with Crippen molar-refractivity contribution >= 4 is 53.0 Å². The molecule has 0 saturated carbocycles. The number of aryl methyl sites for hydroxylation is 1. The van der Waals surface area contributed by atoms with Crippen LogP contribution in [-0.4, -0.2) is 66.5 Å². The van der Waals surface area contributed by atoms with Crippen LogP contribution in [0.3, 0.4) is 0 Å². The molecule has 2 amide bonds. The van der Waals surface area contributed by atoms with E-state index in [1.165, 1.54) is 18.7 Å². The molecule has 0 aliphatic carbocycles. The molecule has 0 aromatic carbocycles. The number of methoxy groups -OCH3 is 1. The van der Waals surface area contributed by atoms with Gasteiger partial charge in [0.1, 0.15) is 33.4 Å². The maximum absolute atomic E-state index is 13.5. The summed E-state index contributed by atoms with van der Waals surface area (Å²) < 4.78 is 23.8. The molecule has 0 saturated heterocycles. The molecule has 4 rings (SSSR count). The first-order chi connectivity index (χ1) is 20.4. The van der Waals surface area contributed by atoms with E-state index >= 15 is 0 Å². The number of rotatable bonds is 5. The summed E-state index contributed by atoms with van der Waals surface area (Å²) in [6.45, 7) is 17.2. The minimum atomic E-state index is -1.00. The van der Waals surface area contributed by atoms with Gasteiger partial charge in [-0.1, -0.05) is 11.8 Å². The molecule has 236 valence electrons. The molecule has 0 spiro atoms. The lowest BCUT2D eigenvalue weighted by atomic mass is 10.1. The maximum atomic E-state index is 13.5. The number of anilines is 1. The molecule has 1 aliphatic heterocycles. The molecule has 14 heteroatoms. The monoisotopic (exact) mass is 626 g/mol. The Morgan fingerprint density at radius 3 is 2.18 bits per heavy atom. The summed E-state index contributed by atoms with van der Waals surface area (Å²) in [4.78, 5) is 53.5. The molecule has 1 unspecified atom stereocenters. The third-order valence-corrected chi connectivity index (χ3v) is 7.31. The smallest absolute Gasteiger partial charge is 0.427 e. The van der Waals surface area contributed by atoms with Crippen molar-refractivity contribution in [3.8, 4) is 5.75 Å². The highest BCUT2D eigenvalue weighted by atomic mass is 32.2. The van der Waals surface area contributed by atoms with E-state index in [-0.39, 0.29) is 17.7 Å². The number of aromatic nitrogens is 5. The maximum Gasteiger partial charge on any atom is 0.427 e. The van der Waals surface area contributed by atoms with Gasteiger partial charge < -0.3 is 18.9 Å². The molecular formula is C30H38N6O7S. The van der Waals surface area contributed by atoms with E-state index in [9.17, 15) is 14.4 Å². The van der Waals surface area contributed by atoms with E-state index in [0.29, 0.717) is 43.9 Å². The topological polar surface area (TPSA) is 148 Å². The van der Waals surface area contributed by atoms with Crippen LogP contribution in [0.5, 0.6) is 5.75 Å². The van der Waals surface area contributed by atoms with Crippen molar-refractivity contribution in [3.63, 3.8) is 0 Å². The molecule has 4 heterocycles. The van der Waals surface area contributed by atoms with Crippen molar-refractivity contribution in [2.24, 2.45) is 0 Å². The van der Waals surface area contributed by atoms with Gasteiger partial charge in [0.05, 0.1) is 30.0 Å². The van der Waals surface area contributed by atoms with Gasteiger partial charge in [0.15, 0.2) is 5.65 Å². The zero-order valence-electron chi connectivity index (χ0n) is 26.9. The number of imide groups is 1. The lowest BCUT2D eigenvalue weighted by Gasteiger charge is -2.27. The number of thioether (sulfide) groups is 1. The second-order valence-corrected chi connectivity index (χ2v) is 13.6. The van der Waals surface area contributed by atoms with E-state index in [1.807, 2.05) is 20.8 Å². The summed E-state index contributed by atoms with van der Waals surface area (Å²) >= 11 is 1.27. The van der Waals surface area contributed by atoms with E-state index in [0.717, 1.165) is 11.1 Å². The molecule has 3 aromatic rings. The summed E-state index contributed by atoms with van der Waals surface area (Å²) in [7, 11) is 1.60. The molecule has 13 nitrogen and oxygen atoms in total. The Morgan fingerprint density at radius 2 is 1.64 bits per heavy atom. The fraction of sp³-hybridized carbons (Fsp3) is 0.500. The van der Waals surface area contributed by atoms with Gasteiger partial charge in [-0.2, -0.15) is 10.1 Å². The number of hydrogen-bond acceptors (Lipinski definition) is 12. The van der Waals surface area contributed by atoms with Crippen LogP contribution in [0.25, 0.3) is 17.1 Å². The highest BCUT2D eigenvalue weighted by molar-refractivity contribution is 8.00. The predicted octanol–water partition coefficient (Wildman–Crippen LogP) is 5.97. The van der Waals surface area contributed by atoms with Crippen LogP contribution in [0.2, 0.25) is 0 Å². The number of nitrogens with zero attached hydrogens (tertiary/aromatic N) is 6. The summed E-state index contributed by atoms with van der Waals surface area (Å²) in [5.41, 5.74) is 1.28. The first-order valence-corrected chi connectivity index (χ1v) is 14.9. The number of carbonyl (C=O) groups is 3. The van der Waals surface area contributed by atoms with Gasteiger partial charge in [0, 0.05) is 30.3 Å². The summed E-state index contributed by atoms with van der Waals surface area (Å²) in [5.74, 6) is 0.331. The van der Waals surface area contributed by atoms with Crippen molar-refractivity contribution in [2.75, 3.05) is 12.0 Å². The fourth-order valence-corrected chi connectivity index (χ4v) is 5.45. The van der Waals surface area contributed by atoms with Gasteiger partial charge in [-0.25, -0.2) is 19.3 Å². The standard InChI is InChI=1S/C30H38N6O7S/c1-15-13-31-20(16(2)23(15)40-11)14-35-24-22-19(34-35)12-21(41-18(4)37)17(3)44-25(22)33-26(32-24)36(27(38)42-29(5,6)7)28(39)43-30(8,9)10/h12-13,17H,14H2,1-11H3. The van der Waals surface area contributed by atoms with Crippen molar-refractivity contribution in [2.45, 2.75) is 97.3 Å². The first kappa shape index (κ1) is 32.7. The first-order valence-electron chi connectivity index (χ1n) is 14.0. The second kappa shape index (κ2) is 12.1. The molecule has 0 N–H and O–H groups in total. The van der Waals surface area contributed by atoms with Crippen LogP contribution < -0.4 is 9.64 Å². The number of ether oxygens (including phenoxy) is 4. The average Bonchev–Trinajstić information content (AvgIpc) is 3.13. The van der Waals surface area contributed by atoms with E-state index in [2.05, 4.69) is 15.0 Å². The van der Waals surface area contributed by atoms with Crippen molar-refractivity contribution in [1.29, 1.82) is 0 Å². The van der Waals surface area contributed by atoms with E-state index < -0.39 is 29.4 Å². The molecule has 1 atom stereocenters. The lowest BCUT2D eigenvalue weighted by Crippen LogP contribution is -2.44. The van der Waals surface area contributed by atoms with E-state index in [4.69, 9.17) is 24.0 Å². The molecular weight excluding hydrogens is 588 g/mol. The zero-order chi connectivity index (χ0) is 32.7. The Hall–Kier alpha value is -4.20. The zero-order valence-corrected chi connectivity index (χ0v) is 27.7. The third kappa shape index (κ3) is 7.12. The molecule has 3 aromatic heterocycles. The fourth-order valence-electron chi connectivity index (χ4n) is 4.43. The summed E-state index contributed by atoms with van der Waals surface area (Å²) in [6.07, 6.45) is 1.38. The van der Waals surface area contributed by atoms with Crippen LogP contribution >= 0.6 is 11.8 Å². The quantitative estimate of drug-likeness (QED) is 0.187. The van der Waals surface area contributed by atoms with E-state index in [1.54, 1.807) is 65.6 Å². The number of pyridine rings is 1. The number of carbonyl (C=O) groups excluding carboxylic acids is 3. The minimum Gasteiger partial charge on any atom is -0.496 e. The SMILES string of the molecule is COc1c(C)cnc(Cn2nc3c4c(nc(N(C(=O)OC(C)(C)C)C(=O)OC(C)(C)C)nc42)SC(C)C(OC(C)=O)=C3)c1C. The second-order valence-electron chi connectivity index (χ2n) is 12.3. The van der Waals surface area contributed by atoms with Gasteiger partial charge in [0.25, 0.3) is 0 Å². The predicted molar refractivity (Wildman–Crippen MR) is 165 cm³/mol. The summed E-state index contributed by atoms with van der Waals surface area (Å²) in [5, 5.41) is 5.40. The molecule has 0 fully saturated rings. The average molecular weight is 627 g/mol. The van der Waals surface area contributed by atoms with Crippen molar-refractivity contribution in [3.05, 3.63) is 34.5 Å². The van der Waals surface area contributed by atoms with Crippen molar-refractivity contribution < 1.29 is 33.3 Å². The van der Waals surface area contributed by atoms with Gasteiger partial charge in [0.2, 0.25) is 5.95 Å². The number of amides is 2. The van der Waals surface area contributed by atoms with Crippen LogP contribution in [0.1, 0.15) is 77.9 Å². The van der Waals surface area contributed by atoms with Crippen LogP contribution in [0.15, 0.2) is 17.0 Å². The number of esters is 1. The van der Waals surface area contributed by atoms with Gasteiger partial charge in [-0.3, -0.25) is 9.78 Å². The third-order valence-electron chi connectivity index (χ3n) is 6.21. The van der Waals surface area contributed by atoms with Gasteiger partial charge in [-0.15, -0.1) is 4.90 Å². The highest BCUT2D eigenvalue weighted by Crippen LogP contribution is 2.40. The molecule has 44 heavy (non-hydrogen) atoms. The Bertz CT molecular complexity index is 1640. The van der Waals surface area contributed by atoms with Crippen LogP contribution in [-0.2, 0) is 25.5 Å². The number of hydrogen-bond donors (Lipinski definition) is 0. The Kier molecular flexibility index (Phi) is 8.97. The Balaban J connectivity index is 1.97. The van der Waals surface area contributed by atoms with Crippen LogP contribution in [0, 0.1) is 13.8 Å². The van der Waals surface area contributed by atoms with Gasteiger partial charge in [-0.05, 0) is 62.3 Å².